The van der Waals surface area contributed by atoms with Gasteiger partial charge in [0.1, 0.15) is 0 Å². The summed E-state index contributed by atoms with van der Waals surface area (Å²) in [6.07, 6.45) is 2.70. The van der Waals surface area contributed by atoms with Crippen molar-refractivity contribution >= 4 is 0 Å². The third-order valence-corrected chi connectivity index (χ3v) is 3.52. The van der Waals surface area contributed by atoms with Crippen molar-refractivity contribution in [3.05, 3.63) is 0 Å². The highest BCUT2D eigenvalue weighted by molar-refractivity contribution is 5.06. The van der Waals surface area contributed by atoms with E-state index in [1.807, 2.05) is 20.8 Å². The zero-order chi connectivity index (χ0) is 9.41. The second-order valence-electron chi connectivity index (χ2n) is 4.46. The predicted molar refractivity (Wildman–Crippen MR) is 47.4 cm³/mol. The Kier molecular flexibility index (Phi) is 2.18. The van der Waals surface area contributed by atoms with Crippen molar-refractivity contribution in [2.45, 2.75) is 45.6 Å². The number of hydrogen-bond donors (Lipinski definition) is 1. The first-order valence-electron chi connectivity index (χ1n) is 4.56. The van der Waals surface area contributed by atoms with Crippen LogP contribution in [0.25, 0.3) is 0 Å². The third-order valence-electron chi connectivity index (χ3n) is 3.52. The molecule has 0 aromatic heterocycles. The van der Waals surface area contributed by atoms with Crippen molar-refractivity contribution in [2.75, 3.05) is 0 Å². The summed E-state index contributed by atoms with van der Waals surface area (Å²) in [4.78, 5) is 0. The van der Waals surface area contributed by atoms with Gasteiger partial charge in [-0.15, -0.1) is 0 Å². The molecule has 2 heteroatoms. The number of nitriles is 1. The van der Waals surface area contributed by atoms with Crippen LogP contribution >= 0.6 is 0 Å². The van der Waals surface area contributed by atoms with E-state index in [0.717, 1.165) is 19.3 Å². The number of rotatable bonds is 0. The van der Waals surface area contributed by atoms with Gasteiger partial charge in [-0.3, -0.25) is 0 Å². The molecule has 1 rings (SSSR count). The maximum atomic E-state index is 9.96. The summed E-state index contributed by atoms with van der Waals surface area (Å²) in [5, 5.41) is 19.0. The lowest BCUT2D eigenvalue weighted by atomic mass is 9.62. The molecule has 0 aromatic rings. The Morgan fingerprint density at radius 1 is 1.42 bits per heavy atom. The Bertz CT molecular complexity index is 216. The molecule has 1 aliphatic carbocycles. The van der Waals surface area contributed by atoms with Crippen LogP contribution in [-0.4, -0.2) is 10.7 Å². The zero-order valence-corrected chi connectivity index (χ0v) is 8.09. The van der Waals surface area contributed by atoms with E-state index in [9.17, 15) is 5.11 Å². The monoisotopic (exact) mass is 167 g/mol. The highest BCUT2D eigenvalue weighted by atomic mass is 16.3. The summed E-state index contributed by atoms with van der Waals surface area (Å²) in [6, 6.07) is 2.33. The smallest absolute Gasteiger partial charge is 0.0690 e. The highest BCUT2D eigenvalue weighted by Crippen LogP contribution is 2.45. The standard InChI is InChI=1S/C10H17NO/c1-8-9(2,7-11)5-4-6-10(8,3)12/h8,12H,4-6H2,1-3H3/t8-,9-,10+/m1/s1. The fourth-order valence-electron chi connectivity index (χ4n) is 2.09. The van der Waals surface area contributed by atoms with Gasteiger partial charge in [-0.05, 0) is 33.1 Å². The van der Waals surface area contributed by atoms with Gasteiger partial charge in [0.05, 0.1) is 17.1 Å². The third kappa shape index (κ3) is 1.34. The van der Waals surface area contributed by atoms with Crippen LogP contribution in [0.15, 0.2) is 0 Å². The van der Waals surface area contributed by atoms with Crippen LogP contribution < -0.4 is 0 Å². The van der Waals surface area contributed by atoms with Gasteiger partial charge in [0.2, 0.25) is 0 Å². The number of aliphatic hydroxyl groups is 1. The molecule has 0 heterocycles. The van der Waals surface area contributed by atoms with Crippen LogP contribution in [0.1, 0.15) is 40.0 Å². The second-order valence-corrected chi connectivity index (χ2v) is 4.46. The van der Waals surface area contributed by atoms with Crippen LogP contribution in [0.5, 0.6) is 0 Å². The lowest BCUT2D eigenvalue weighted by Gasteiger charge is -2.44. The van der Waals surface area contributed by atoms with Gasteiger partial charge in [-0.1, -0.05) is 6.92 Å². The molecule has 3 atom stereocenters. The largest absolute Gasteiger partial charge is 0.390 e. The topological polar surface area (TPSA) is 44.0 Å². The van der Waals surface area contributed by atoms with Gasteiger partial charge < -0.3 is 5.11 Å². The Morgan fingerprint density at radius 3 is 2.42 bits per heavy atom. The first-order valence-corrected chi connectivity index (χ1v) is 4.56. The van der Waals surface area contributed by atoms with Gasteiger partial charge in [0.25, 0.3) is 0 Å². The van der Waals surface area contributed by atoms with E-state index in [1.54, 1.807) is 0 Å². The zero-order valence-electron chi connectivity index (χ0n) is 8.09. The minimum absolute atomic E-state index is 0.0729. The Labute approximate surface area is 74.2 Å². The summed E-state index contributed by atoms with van der Waals surface area (Å²) in [5.74, 6) is 0.0729. The minimum Gasteiger partial charge on any atom is -0.390 e. The molecule has 1 aliphatic rings. The molecular formula is C10H17NO. The molecule has 12 heavy (non-hydrogen) atoms. The molecule has 0 saturated heterocycles. The molecule has 1 N–H and O–H groups in total. The number of nitrogens with zero attached hydrogens (tertiary/aromatic N) is 1. The molecule has 0 bridgehead atoms. The maximum absolute atomic E-state index is 9.96. The Hall–Kier alpha value is -0.550. The van der Waals surface area contributed by atoms with Crippen LogP contribution in [0.3, 0.4) is 0 Å². The molecule has 0 radical (unpaired) electrons. The molecule has 0 aliphatic heterocycles. The van der Waals surface area contributed by atoms with E-state index >= 15 is 0 Å². The first kappa shape index (κ1) is 9.54. The Balaban J connectivity index is 2.89. The number of hydrogen-bond acceptors (Lipinski definition) is 2. The van der Waals surface area contributed by atoms with E-state index < -0.39 is 5.60 Å². The predicted octanol–water partition coefficient (Wildman–Crippen LogP) is 2.09. The average molecular weight is 167 g/mol. The van der Waals surface area contributed by atoms with E-state index in [4.69, 9.17) is 5.26 Å². The average Bonchev–Trinajstić information content (AvgIpc) is 2.00. The Morgan fingerprint density at radius 2 is 2.00 bits per heavy atom. The summed E-state index contributed by atoms with van der Waals surface area (Å²) in [6.45, 7) is 5.76. The van der Waals surface area contributed by atoms with Crippen molar-refractivity contribution < 1.29 is 5.11 Å². The highest BCUT2D eigenvalue weighted by Gasteiger charge is 2.45. The van der Waals surface area contributed by atoms with Crippen molar-refractivity contribution in [1.82, 2.24) is 0 Å². The first-order chi connectivity index (χ1) is 5.42. The molecule has 68 valence electrons. The quantitative estimate of drug-likeness (QED) is 0.600. The van der Waals surface area contributed by atoms with Crippen molar-refractivity contribution in [1.29, 1.82) is 5.26 Å². The lowest BCUT2D eigenvalue weighted by Crippen LogP contribution is -2.45. The van der Waals surface area contributed by atoms with Crippen LogP contribution in [-0.2, 0) is 0 Å². The summed E-state index contributed by atoms with van der Waals surface area (Å²) in [7, 11) is 0. The molecule has 1 fully saturated rings. The van der Waals surface area contributed by atoms with E-state index in [0.29, 0.717) is 0 Å². The van der Waals surface area contributed by atoms with Gasteiger partial charge in [-0.25, -0.2) is 0 Å². The fraction of sp³-hybridized carbons (Fsp3) is 0.900. The van der Waals surface area contributed by atoms with Crippen molar-refractivity contribution in [3.8, 4) is 6.07 Å². The normalized spacial score (nSPS) is 48.4. The fourth-order valence-corrected chi connectivity index (χ4v) is 2.09. The molecule has 1 saturated carbocycles. The molecule has 0 aromatic carbocycles. The summed E-state index contributed by atoms with van der Waals surface area (Å²) >= 11 is 0. The SMILES string of the molecule is C[C@H]1[C@@](C)(O)CCC[C@]1(C)C#N. The molecule has 0 amide bonds. The van der Waals surface area contributed by atoms with Gasteiger partial charge in [0, 0.05) is 5.92 Å². The van der Waals surface area contributed by atoms with Crippen LogP contribution in [0.4, 0.5) is 0 Å². The minimum atomic E-state index is -0.650. The van der Waals surface area contributed by atoms with Crippen molar-refractivity contribution in [3.63, 3.8) is 0 Å². The lowest BCUT2D eigenvalue weighted by molar-refractivity contribution is -0.0674. The van der Waals surface area contributed by atoms with Gasteiger partial charge in [0.15, 0.2) is 0 Å². The van der Waals surface area contributed by atoms with E-state index in [-0.39, 0.29) is 11.3 Å². The maximum Gasteiger partial charge on any atom is 0.0690 e. The molecule has 0 unspecified atom stereocenters. The van der Waals surface area contributed by atoms with Crippen molar-refractivity contribution in [2.24, 2.45) is 11.3 Å². The second kappa shape index (κ2) is 2.74. The van der Waals surface area contributed by atoms with E-state index in [2.05, 4.69) is 6.07 Å². The van der Waals surface area contributed by atoms with Crippen LogP contribution in [0, 0.1) is 22.7 Å². The molecule has 2 nitrogen and oxygen atoms in total. The van der Waals surface area contributed by atoms with Crippen LogP contribution in [0.2, 0.25) is 0 Å². The van der Waals surface area contributed by atoms with E-state index in [1.165, 1.54) is 0 Å². The molecule has 0 spiro atoms. The summed E-state index contributed by atoms with van der Waals surface area (Å²) < 4.78 is 0. The summed E-state index contributed by atoms with van der Waals surface area (Å²) in [5.41, 5.74) is -0.982. The van der Waals surface area contributed by atoms with Gasteiger partial charge in [-0.2, -0.15) is 5.26 Å². The molecular weight excluding hydrogens is 150 g/mol. The van der Waals surface area contributed by atoms with Gasteiger partial charge >= 0.3 is 0 Å².